The number of hydrogen-bond acceptors (Lipinski definition) is 4. The van der Waals surface area contributed by atoms with E-state index in [1.807, 2.05) is 0 Å². The van der Waals surface area contributed by atoms with E-state index in [0.717, 1.165) is 6.07 Å². The monoisotopic (exact) mass is 404 g/mol. The molecular formula is C17H16ClF3N2O2S. The molecule has 2 aromatic rings. The lowest BCUT2D eigenvalue weighted by molar-refractivity contribution is -0.139. The van der Waals surface area contributed by atoms with Gasteiger partial charge < -0.3 is 10.2 Å². The molecule has 1 fully saturated rings. The second-order valence-electron chi connectivity index (χ2n) is 5.82. The highest BCUT2D eigenvalue weighted by atomic mass is 35.5. The first-order valence-corrected chi connectivity index (χ1v) is 9.74. The fourth-order valence-corrected chi connectivity index (χ4v) is 4.99. The Morgan fingerprint density at radius 2 is 1.58 bits per heavy atom. The molecule has 0 bridgehead atoms. The van der Waals surface area contributed by atoms with E-state index in [4.69, 9.17) is 11.6 Å². The predicted molar refractivity (Wildman–Crippen MR) is 93.4 cm³/mol. The molecule has 0 unspecified atom stereocenters. The number of piperazine rings is 1. The number of nitrogens with one attached hydrogen (secondary N) is 1. The number of hydrogen-bond donors (Lipinski definition) is 1. The fraction of sp³-hybridized carbons (Fsp3) is 0.294. The summed E-state index contributed by atoms with van der Waals surface area (Å²) in [5.74, 6) is 0. The van der Waals surface area contributed by atoms with Crippen LogP contribution in [0, 0.1) is 0 Å². The zero-order valence-electron chi connectivity index (χ0n) is 13.6. The average Bonchev–Trinajstić information content (AvgIpc) is 2.61. The first-order chi connectivity index (χ1) is 12.2. The minimum atomic E-state index is -4.83. The van der Waals surface area contributed by atoms with Gasteiger partial charge in [0.2, 0.25) is 9.84 Å². The van der Waals surface area contributed by atoms with E-state index in [-0.39, 0.29) is 15.6 Å². The Morgan fingerprint density at radius 3 is 2.19 bits per heavy atom. The van der Waals surface area contributed by atoms with Crippen LogP contribution < -0.4 is 10.2 Å². The molecular weight excluding hydrogens is 389 g/mol. The van der Waals surface area contributed by atoms with Crippen LogP contribution in [0.2, 0.25) is 5.02 Å². The maximum Gasteiger partial charge on any atom is 0.419 e. The number of sulfone groups is 1. The van der Waals surface area contributed by atoms with Crippen LogP contribution in [-0.2, 0) is 16.0 Å². The van der Waals surface area contributed by atoms with E-state index in [0.29, 0.717) is 26.2 Å². The molecule has 0 aromatic heterocycles. The van der Waals surface area contributed by atoms with Crippen LogP contribution in [0.5, 0.6) is 0 Å². The van der Waals surface area contributed by atoms with Gasteiger partial charge in [0.15, 0.2) is 0 Å². The summed E-state index contributed by atoms with van der Waals surface area (Å²) in [5, 5.41) is 2.94. The van der Waals surface area contributed by atoms with Crippen molar-refractivity contribution in [3.05, 3.63) is 53.1 Å². The Hall–Kier alpha value is -1.77. The topological polar surface area (TPSA) is 49.4 Å². The summed E-state index contributed by atoms with van der Waals surface area (Å²) in [5.41, 5.74) is -1.28. The summed E-state index contributed by atoms with van der Waals surface area (Å²) in [7, 11) is -4.44. The molecule has 1 saturated heterocycles. The number of anilines is 1. The summed E-state index contributed by atoms with van der Waals surface area (Å²) in [6.45, 7) is 1.77. The van der Waals surface area contributed by atoms with Crippen molar-refractivity contribution in [1.82, 2.24) is 5.32 Å². The number of halogens is 4. The van der Waals surface area contributed by atoms with Gasteiger partial charge in [-0.05, 0) is 24.3 Å². The third kappa shape index (κ3) is 3.54. The van der Waals surface area contributed by atoms with Crippen LogP contribution in [0.25, 0.3) is 0 Å². The molecule has 1 aliphatic rings. The van der Waals surface area contributed by atoms with Crippen molar-refractivity contribution in [2.75, 3.05) is 31.1 Å². The molecule has 4 nitrogen and oxygen atoms in total. The molecule has 26 heavy (non-hydrogen) atoms. The van der Waals surface area contributed by atoms with Gasteiger partial charge in [-0.25, -0.2) is 8.42 Å². The first-order valence-electron chi connectivity index (χ1n) is 7.88. The fourth-order valence-electron chi connectivity index (χ4n) is 2.98. The minimum absolute atomic E-state index is 0.117. The molecule has 0 saturated carbocycles. The van der Waals surface area contributed by atoms with E-state index >= 15 is 0 Å². The summed E-state index contributed by atoms with van der Waals surface area (Å²) in [6, 6.07) is 9.09. The van der Waals surface area contributed by atoms with Crippen molar-refractivity contribution < 1.29 is 21.6 Å². The Morgan fingerprint density at radius 1 is 0.962 bits per heavy atom. The van der Waals surface area contributed by atoms with Crippen molar-refractivity contribution in [1.29, 1.82) is 0 Å². The van der Waals surface area contributed by atoms with Crippen LogP contribution in [0.3, 0.4) is 0 Å². The van der Waals surface area contributed by atoms with E-state index in [1.54, 1.807) is 4.90 Å². The Kier molecular flexibility index (Phi) is 5.18. The molecule has 1 heterocycles. The minimum Gasteiger partial charge on any atom is -0.368 e. The van der Waals surface area contributed by atoms with Crippen molar-refractivity contribution >= 4 is 27.1 Å². The molecule has 3 rings (SSSR count). The van der Waals surface area contributed by atoms with E-state index < -0.39 is 26.5 Å². The van der Waals surface area contributed by atoms with Gasteiger partial charge in [-0.2, -0.15) is 13.2 Å². The second kappa shape index (κ2) is 7.09. The van der Waals surface area contributed by atoms with E-state index in [2.05, 4.69) is 5.32 Å². The Balaban J connectivity index is 2.23. The summed E-state index contributed by atoms with van der Waals surface area (Å²) < 4.78 is 67.5. The number of benzene rings is 2. The van der Waals surface area contributed by atoms with Crippen molar-refractivity contribution in [3.63, 3.8) is 0 Å². The number of rotatable bonds is 3. The second-order valence-corrected chi connectivity index (χ2v) is 8.11. The Labute approximate surface area is 154 Å². The third-order valence-corrected chi connectivity index (χ3v) is 6.46. The van der Waals surface area contributed by atoms with Gasteiger partial charge in [0, 0.05) is 26.2 Å². The molecule has 0 spiro atoms. The third-order valence-electron chi connectivity index (χ3n) is 4.16. The van der Waals surface area contributed by atoms with Crippen LogP contribution in [-0.4, -0.2) is 34.6 Å². The van der Waals surface area contributed by atoms with Crippen LogP contribution in [0.4, 0.5) is 18.9 Å². The lowest BCUT2D eigenvalue weighted by Gasteiger charge is -2.32. The standard InChI is InChI=1S/C17H16ClF3N2O2S/c18-12-4-1-2-6-14(12)26(24,25)15-7-3-5-13(16(15)17(19,20)21)23-10-8-22-9-11-23/h1-7,22H,8-11H2. The molecule has 0 amide bonds. The van der Waals surface area contributed by atoms with Gasteiger partial charge in [0.1, 0.15) is 0 Å². The van der Waals surface area contributed by atoms with Gasteiger partial charge in [0.25, 0.3) is 0 Å². The van der Waals surface area contributed by atoms with Gasteiger partial charge in [-0.1, -0.05) is 29.8 Å². The average molecular weight is 405 g/mol. The van der Waals surface area contributed by atoms with Crippen molar-refractivity contribution in [3.8, 4) is 0 Å². The highest BCUT2D eigenvalue weighted by Crippen LogP contribution is 2.43. The molecule has 0 aliphatic carbocycles. The summed E-state index contributed by atoms with van der Waals surface area (Å²) in [6.07, 6.45) is -4.83. The SMILES string of the molecule is O=S(=O)(c1ccccc1Cl)c1cccc(N2CCNCC2)c1C(F)(F)F. The normalized spacial score (nSPS) is 15.9. The molecule has 1 N–H and O–H groups in total. The number of alkyl halides is 3. The summed E-state index contributed by atoms with van der Waals surface area (Å²) >= 11 is 5.93. The van der Waals surface area contributed by atoms with Crippen molar-refractivity contribution in [2.45, 2.75) is 16.0 Å². The van der Waals surface area contributed by atoms with Gasteiger partial charge in [-0.3, -0.25) is 0 Å². The van der Waals surface area contributed by atoms with E-state index in [9.17, 15) is 21.6 Å². The quantitative estimate of drug-likeness (QED) is 0.849. The lowest BCUT2D eigenvalue weighted by atomic mass is 10.1. The van der Waals surface area contributed by atoms with Crippen molar-refractivity contribution in [2.24, 2.45) is 0 Å². The summed E-state index contributed by atoms with van der Waals surface area (Å²) in [4.78, 5) is 0.420. The van der Waals surface area contributed by atoms with Gasteiger partial charge in [-0.15, -0.1) is 0 Å². The predicted octanol–water partition coefficient (Wildman–Crippen LogP) is 3.60. The van der Waals surface area contributed by atoms with Crippen LogP contribution in [0.15, 0.2) is 52.3 Å². The van der Waals surface area contributed by atoms with Gasteiger partial charge in [0.05, 0.1) is 26.1 Å². The molecule has 9 heteroatoms. The largest absolute Gasteiger partial charge is 0.419 e. The zero-order chi connectivity index (χ0) is 18.9. The zero-order valence-corrected chi connectivity index (χ0v) is 15.1. The first kappa shape index (κ1) is 19.0. The Bertz CT molecular complexity index is 910. The smallest absolute Gasteiger partial charge is 0.368 e. The van der Waals surface area contributed by atoms with E-state index in [1.165, 1.54) is 36.4 Å². The maximum absolute atomic E-state index is 13.9. The molecule has 140 valence electrons. The highest BCUT2D eigenvalue weighted by Gasteiger charge is 2.41. The molecule has 0 radical (unpaired) electrons. The van der Waals surface area contributed by atoms with Gasteiger partial charge >= 0.3 is 6.18 Å². The maximum atomic E-state index is 13.9. The lowest BCUT2D eigenvalue weighted by Crippen LogP contribution is -2.44. The van der Waals surface area contributed by atoms with Crippen LogP contribution in [0.1, 0.15) is 5.56 Å². The highest BCUT2D eigenvalue weighted by molar-refractivity contribution is 7.91. The van der Waals surface area contributed by atoms with Crippen LogP contribution >= 0.6 is 11.6 Å². The molecule has 2 aromatic carbocycles. The molecule has 0 atom stereocenters. The number of nitrogens with zero attached hydrogens (tertiary/aromatic N) is 1. The molecule has 1 aliphatic heterocycles.